The van der Waals surface area contributed by atoms with Crippen LogP contribution in [0.1, 0.15) is 13.8 Å². The number of hydrogen-bond donors (Lipinski definition) is 1. The zero-order valence-corrected chi connectivity index (χ0v) is 7.94. The normalized spacial score (nSPS) is 10.4. The van der Waals surface area contributed by atoms with Gasteiger partial charge in [0.1, 0.15) is 0 Å². The second-order valence-electron chi connectivity index (χ2n) is 2.78. The van der Waals surface area contributed by atoms with Gasteiger partial charge in [0.15, 0.2) is 11.6 Å². The molecule has 66 valence electrons. The molecule has 0 saturated carbocycles. The molecule has 0 aliphatic heterocycles. The molecule has 0 amide bonds. The van der Waals surface area contributed by atoms with E-state index in [2.05, 4.69) is 12.6 Å². The van der Waals surface area contributed by atoms with Crippen molar-refractivity contribution in [2.75, 3.05) is 0 Å². The number of rotatable bonds is 2. The molecule has 0 spiro atoms. The minimum atomic E-state index is -0.365. The van der Waals surface area contributed by atoms with Crippen LogP contribution in [0.15, 0.2) is 23.1 Å². The van der Waals surface area contributed by atoms with Gasteiger partial charge in [0.05, 0.1) is 6.10 Å². The summed E-state index contributed by atoms with van der Waals surface area (Å²) in [6.45, 7) is 3.71. The summed E-state index contributed by atoms with van der Waals surface area (Å²) in [4.78, 5) is 0.601. The van der Waals surface area contributed by atoms with Gasteiger partial charge in [-0.15, -0.1) is 12.6 Å². The summed E-state index contributed by atoms with van der Waals surface area (Å²) in [6.07, 6.45) is -0.00901. The lowest BCUT2D eigenvalue weighted by molar-refractivity contribution is 0.231. The molecule has 0 aliphatic rings. The Morgan fingerprint density at radius 2 is 2.08 bits per heavy atom. The van der Waals surface area contributed by atoms with Gasteiger partial charge >= 0.3 is 0 Å². The summed E-state index contributed by atoms with van der Waals surface area (Å²) in [5.74, 6) is -0.0843. The van der Waals surface area contributed by atoms with E-state index in [1.807, 2.05) is 13.8 Å². The SMILES string of the molecule is CC(C)Oc1ccc(S)cc1F. The van der Waals surface area contributed by atoms with Crippen LogP contribution in [-0.4, -0.2) is 6.10 Å². The monoisotopic (exact) mass is 186 g/mol. The number of benzene rings is 1. The van der Waals surface area contributed by atoms with Gasteiger partial charge in [-0.1, -0.05) is 0 Å². The van der Waals surface area contributed by atoms with E-state index in [0.29, 0.717) is 4.90 Å². The van der Waals surface area contributed by atoms with E-state index in [9.17, 15) is 4.39 Å². The van der Waals surface area contributed by atoms with E-state index in [4.69, 9.17) is 4.74 Å². The van der Waals surface area contributed by atoms with Gasteiger partial charge in [-0.25, -0.2) is 4.39 Å². The standard InChI is InChI=1S/C9H11FOS/c1-6(2)11-9-4-3-7(12)5-8(9)10/h3-6,12H,1-2H3. The lowest BCUT2D eigenvalue weighted by Gasteiger charge is -2.10. The van der Waals surface area contributed by atoms with Gasteiger partial charge < -0.3 is 4.74 Å². The molecule has 0 bridgehead atoms. The van der Waals surface area contributed by atoms with Crippen molar-refractivity contribution >= 4 is 12.6 Å². The Balaban J connectivity index is 2.86. The second-order valence-corrected chi connectivity index (χ2v) is 3.30. The first-order valence-electron chi connectivity index (χ1n) is 3.75. The van der Waals surface area contributed by atoms with Crippen molar-refractivity contribution in [1.29, 1.82) is 0 Å². The molecule has 0 aliphatic carbocycles. The molecule has 3 heteroatoms. The van der Waals surface area contributed by atoms with E-state index >= 15 is 0 Å². The maximum absolute atomic E-state index is 13.0. The average Bonchev–Trinajstić information content (AvgIpc) is 1.94. The Morgan fingerprint density at radius 1 is 1.42 bits per heavy atom. The summed E-state index contributed by atoms with van der Waals surface area (Å²) in [7, 11) is 0. The fourth-order valence-electron chi connectivity index (χ4n) is 0.839. The summed E-state index contributed by atoms with van der Waals surface area (Å²) in [5.41, 5.74) is 0. The van der Waals surface area contributed by atoms with Gasteiger partial charge in [0.2, 0.25) is 0 Å². The van der Waals surface area contributed by atoms with Crippen LogP contribution in [0.2, 0.25) is 0 Å². The molecule has 1 aromatic carbocycles. The summed E-state index contributed by atoms with van der Waals surface area (Å²) in [6, 6.07) is 4.61. The van der Waals surface area contributed by atoms with Crippen molar-refractivity contribution in [2.45, 2.75) is 24.8 Å². The summed E-state index contributed by atoms with van der Waals surface area (Å²) in [5, 5.41) is 0. The molecular formula is C9H11FOS. The van der Waals surface area contributed by atoms with E-state index in [-0.39, 0.29) is 17.7 Å². The molecule has 0 unspecified atom stereocenters. The zero-order chi connectivity index (χ0) is 9.14. The minimum Gasteiger partial charge on any atom is -0.488 e. The molecule has 1 aromatic rings. The second kappa shape index (κ2) is 3.81. The largest absolute Gasteiger partial charge is 0.488 e. The Kier molecular flexibility index (Phi) is 2.98. The van der Waals surface area contributed by atoms with Crippen LogP contribution in [0.4, 0.5) is 4.39 Å². The smallest absolute Gasteiger partial charge is 0.166 e. The Labute approximate surface area is 77.0 Å². The maximum Gasteiger partial charge on any atom is 0.166 e. The minimum absolute atomic E-state index is 0.00901. The van der Waals surface area contributed by atoms with Crippen LogP contribution >= 0.6 is 12.6 Å². The number of ether oxygens (including phenoxy) is 1. The molecule has 0 aromatic heterocycles. The molecule has 1 rings (SSSR count). The third-order valence-electron chi connectivity index (χ3n) is 1.28. The summed E-state index contributed by atoms with van der Waals surface area (Å²) >= 11 is 4.00. The van der Waals surface area contributed by atoms with Crippen LogP contribution in [-0.2, 0) is 0 Å². The molecule has 0 fully saturated rings. The molecule has 0 N–H and O–H groups in total. The number of thiol groups is 1. The topological polar surface area (TPSA) is 9.23 Å². The molecule has 0 heterocycles. The van der Waals surface area contributed by atoms with Crippen LogP contribution in [0.5, 0.6) is 5.75 Å². The highest BCUT2D eigenvalue weighted by Crippen LogP contribution is 2.20. The molecule has 12 heavy (non-hydrogen) atoms. The van der Waals surface area contributed by atoms with Crippen LogP contribution < -0.4 is 4.74 Å². The van der Waals surface area contributed by atoms with Crippen LogP contribution in [0.25, 0.3) is 0 Å². The van der Waals surface area contributed by atoms with Crippen molar-refractivity contribution in [3.8, 4) is 5.75 Å². The third kappa shape index (κ3) is 2.41. The maximum atomic E-state index is 13.0. The molecule has 0 atom stereocenters. The van der Waals surface area contributed by atoms with Crippen molar-refractivity contribution in [3.63, 3.8) is 0 Å². The number of hydrogen-bond acceptors (Lipinski definition) is 2. The predicted octanol–water partition coefficient (Wildman–Crippen LogP) is 2.90. The molecular weight excluding hydrogens is 175 g/mol. The van der Waals surface area contributed by atoms with Gasteiger partial charge in [-0.3, -0.25) is 0 Å². The Hall–Kier alpha value is -0.700. The zero-order valence-electron chi connectivity index (χ0n) is 7.04. The molecule has 1 nitrogen and oxygen atoms in total. The molecule has 0 saturated heterocycles. The first-order chi connectivity index (χ1) is 5.59. The summed E-state index contributed by atoms with van der Waals surface area (Å²) < 4.78 is 18.2. The van der Waals surface area contributed by atoms with E-state index < -0.39 is 0 Å². The first-order valence-corrected chi connectivity index (χ1v) is 4.19. The van der Waals surface area contributed by atoms with E-state index in [0.717, 1.165) is 0 Å². The van der Waals surface area contributed by atoms with Gasteiger partial charge in [-0.2, -0.15) is 0 Å². The van der Waals surface area contributed by atoms with Gasteiger partial charge in [-0.05, 0) is 32.0 Å². The lowest BCUT2D eigenvalue weighted by atomic mass is 10.3. The van der Waals surface area contributed by atoms with Gasteiger partial charge in [0, 0.05) is 4.90 Å². The third-order valence-corrected chi connectivity index (χ3v) is 1.56. The average molecular weight is 186 g/mol. The van der Waals surface area contributed by atoms with Crippen molar-refractivity contribution in [1.82, 2.24) is 0 Å². The van der Waals surface area contributed by atoms with Crippen molar-refractivity contribution < 1.29 is 9.13 Å². The van der Waals surface area contributed by atoms with E-state index in [1.54, 1.807) is 12.1 Å². The quantitative estimate of drug-likeness (QED) is 0.699. The van der Waals surface area contributed by atoms with Gasteiger partial charge in [0.25, 0.3) is 0 Å². The predicted molar refractivity (Wildman–Crippen MR) is 49.4 cm³/mol. The fraction of sp³-hybridized carbons (Fsp3) is 0.333. The van der Waals surface area contributed by atoms with Crippen molar-refractivity contribution in [2.24, 2.45) is 0 Å². The van der Waals surface area contributed by atoms with Crippen LogP contribution in [0.3, 0.4) is 0 Å². The Bertz CT molecular complexity index is 273. The molecule has 0 radical (unpaired) electrons. The van der Waals surface area contributed by atoms with Crippen molar-refractivity contribution in [3.05, 3.63) is 24.0 Å². The highest BCUT2D eigenvalue weighted by atomic mass is 32.1. The lowest BCUT2D eigenvalue weighted by Crippen LogP contribution is -2.06. The highest BCUT2D eigenvalue weighted by molar-refractivity contribution is 7.80. The fourth-order valence-corrected chi connectivity index (χ4v) is 1.03. The van der Waals surface area contributed by atoms with E-state index in [1.165, 1.54) is 6.07 Å². The van der Waals surface area contributed by atoms with Crippen LogP contribution in [0, 0.1) is 5.82 Å². The number of halogens is 1. The Morgan fingerprint density at radius 3 is 2.58 bits per heavy atom. The highest BCUT2D eigenvalue weighted by Gasteiger charge is 2.04. The first kappa shape index (κ1) is 9.39.